The fourth-order valence-electron chi connectivity index (χ4n) is 4.80. The van der Waals surface area contributed by atoms with E-state index in [0.717, 1.165) is 0 Å². The van der Waals surface area contributed by atoms with Gasteiger partial charge in [0.15, 0.2) is 5.65 Å². The van der Waals surface area contributed by atoms with Gasteiger partial charge in [-0.05, 0) is 32.6 Å². The maximum absolute atomic E-state index is 14.1. The molecule has 0 aromatic carbocycles. The summed E-state index contributed by atoms with van der Waals surface area (Å²) in [4.78, 5) is 39.6. The maximum atomic E-state index is 14.1. The number of carbonyl (C=O) groups is 2. The Kier molecular flexibility index (Phi) is 6.13. The van der Waals surface area contributed by atoms with Crippen LogP contribution in [-0.4, -0.2) is 66.8 Å². The second-order valence-corrected chi connectivity index (χ2v) is 9.53. The molecular formula is C24H25F3N8O2. The standard InChI is InChI=1S/C24H25F3N8O2/c1-2-35-13-15(10-31-35)17-12-30-20-18(32-17)16(11-29-20)21(36)33-19(23(5-6-23)24(25,26)27)22(37)34-7-3-14(9-28)4-8-34/h10-14,19H,2-8H2,1H3,(H,29,30)(H,33,36)/t19-/m1/s1. The molecule has 1 saturated heterocycles. The third-order valence-corrected chi connectivity index (χ3v) is 7.30. The summed E-state index contributed by atoms with van der Waals surface area (Å²) in [6.45, 7) is 2.92. The van der Waals surface area contributed by atoms with Gasteiger partial charge < -0.3 is 15.2 Å². The number of alkyl halides is 3. The number of halogens is 3. The Morgan fingerprint density at radius 1 is 1.30 bits per heavy atom. The molecule has 1 saturated carbocycles. The van der Waals surface area contributed by atoms with Crippen molar-refractivity contribution in [2.75, 3.05) is 13.1 Å². The normalized spacial score (nSPS) is 18.4. The summed E-state index contributed by atoms with van der Waals surface area (Å²) >= 11 is 0. The minimum Gasteiger partial charge on any atom is -0.344 e. The summed E-state index contributed by atoms with van der Waals surface area (Å²) in [7, 11) is 0. The number of aromatic nitrogens is 5. The zero-order valence-electron chi connectivity index (χ0n) is 20.0. The molecule has 2 amide bonds. The highest BCUT2D eigenvalue weighted by atomic mass is 19.4. The predicted octanol–water partition coefficient (Wildman–Crippen LogP) is 3.04. The van der Waals surface area contributed by atoms with Crippen molar-refractivity contribution in [3.63, 3.8) is 0 Å². The fraction of sp³-hybridized carbons (Fsp3) is 0.500. The number of likely N-dealkylation sites (tertiary alicyclic amines) is 1. The monoisotopic (exact) mass is 514 g/mol. The molecule has 3 aromatic rings. The summed E-state index contributed by atoms with van der Waals surface area (Å²) in [5.74, 6) is -1.86. The highest BCUT2D eigenvalue weighted by Gasteiger charge is 2.70. The number of amides is 2. The van der Waals surface area contributed by atoms with E-state index in [4.69, 9.17) is 5.26 Å². The van der Waals surface area contributed by atoms with Gasteiger partial charge in [-0.1, -0.05) is 0 Å². The van der Waals surface area contributed by atoms with E-state index in [1.54, 1.807) is 17.1 Å². The molecular weight excluding hydrogens is 489 g/mol. The van der Waals surface area contributed by atoms with Gasteiger partial charge in [0.25, 0.3) is 5.91 Å². The van der Waals surface area contributed by atoms with E-state index in [2.05, 4.69) is 31.4 Å². The first-order valence-corrected chi connectivity index (χ1v) is 12.1. The Morgan fingerprint density at radius 2 is 2.03 bits per heavy atom. The highest BCUT2D eigenvalue weighted by Crippen LogP contribution is 2.60. The van der Waals surface area contributed by atoms with E-state index in [1.807, 2.05) is 6.92 Å². The molecule has 2 fully saturated rings. The SMILES string of the molecule is CCn1cc(-c2cnc3[nH]cc(C(=O)N[C@H](C(=O)N4CCC(C#N)CC4)C4(C(F)(F)F)CC4)c3n2)cn1. The van der Waals surface area contributed by atoms with Crippen LogP contribution in [0.1, 0.15) is 43.0 Å². The number of nitrogens with zero attached hydrogens (tertiary/aromatic N) is 6. The van der Waals surface area contributed by atoms with Crippen LogP contribution >= 0.6 is 0 Å². The summed E-state index contributed by atoms with van der Waals surface area (Å²) in [5.41, 5.74) is -0.739. The van der Waals surface area contributed by atoms with Crippen molar-refractivity contribution in [1.29, 1.82) is 5.26 Å². The molecule has 13 heteroatoms. The molecule has 1 atom stereocenters. The summed E-state index contributed by atoms with van der Waals surface area (Å²) < 4.78 is 44.0. The number of nitriles is 1. The van der Waals surface area contributed by atoms with Gasteiger partial charge in [-0.15, -0.1) is 0 Å². The first-order valence-electron chi connectivity index (χ1n) is 12.1. The van der Waals surface area contributed by atoms with Crippen LogP contribution in [0.15, 0.2) is 24.8 Å². The number of rotatable bonds is 6. The van der Waals surface area contributed by atoms with Gasteiger partial charge in [0.05, 0.1) is 35.1 Å². The average Bonchev–Trinajstić information content (AvgIpc) is 3.39. The van der Waals surface area contributed by atoms with Gasteiger partial charge in [-0.3, -0.25) is 14.3 Å². The minimum absolute atomic E-state index is 0.00815. The lowest BCUT2D eigenvalue weighted by atomic mass is 9.91. The fourth-order valence-corrected chi connectivity index (χ4v) is 4.80. The Morgan fingerprint density at radius 3 is 2.62 bits per heavy atom. The van der Waals surface area contributed by atoms with Crippen LogP contribution in [0.4, 0.5) is 13.2 Å². The van der Waals surface area contributed by atoms with Gasteiger partial charge >= 0.3 is 6.18 Å². The van der Waals surface area contributed by atoms with E-state index in [-0.39, 0.29) is 48.6 Å². The Hall–Kier alpha value is -3.95. The summed E-state index contributed by atoms with van der Waals surface area (Å²) in [5, 5.41) is 15.7. The minimum atomic E-state index is -4.67. The molecule has 0 radical (unpaired) electrons. The Labute approximate surface area is 209 Å². The zero-order valence-corrected chi connectivity index (χ0v) is 20.0. The van der Waals surface area contributed by atoms with Crippen molar-refractivity contribution in [1.82, 2.24) is 34.9 Å². The second-order valence-electron chi connectivity index (χ2n) is 9.53. The van der Waals surface area contributed by atoms with Gasteiger partial charge in [-0.2, -0.15) is 23.5 Å². The molecule has 0 spiro atoms. The van der Waals surface area contributed by atoms with Crippen LogP contribution in [0.2, 0.25) is 0 Å². The largest absolute Gasteiger partial charge is 0.396 e. The molecule has 1 aliphatic carbocycles. The average molecular weight is 515 g/mol. The van der Waals surface area contributed by atoms with Gasteiger partial charge in [0, 0.05) is 43.5 Å². The van der Waals surface area contributed by atoms with Crippen molar-refractivity contribution in [3.8, 4) is 17.3 Å². The second kappa shape index (κ2) is 9.17. The van der Waals surface area contributed by atoms with Crippen LogP contribution in [0.3, 0.4) is 0 Å². The molecule has 2 aliphatic rings. The van der Waals surface area contributed by atoms with E-state index in [0.29, 0.717) is 30.6 Å². The third-order valence-electron chi connectivity index (χ3n) is 7.30. The lowest BCUT2D eigenvalue weighted by Crippen LogP contribution is -2.58. The highest BCUT2D eigenvalue weighted by molar-refractivity contribution is 6.06. The predicted molar refractivity (Wildman–Crippen MR) is 125 cm³/mol. The maximum Gasteiger partial charge on any atom is 0.396 e. The lowest BCUT2D eigenvalue weighted by Gasteiger charge is -2.36. The number of hydrogen-bond acceptors (Lipinski definition) is 6. The molecule has 1 aliphatic heterocycles. The molecule has 0 bridgehead atoms. The van der Waals surface area contributed by atoms with Crippen LogP contribution in [-0.2, 0) is 11.3 Å². The van der Waals surface area contributed by atoms with Crippen LogP contribution in [0, 0.1) is 22.7 Å². The number of piperidine rings is 1. The van der Waals surface area contributed by atoms with Crippen molar-refractivity contribution in [2.24, 2.45) is 11.3 Å². The van der Waals surface area contributed by atoms with Crippen molar-refractivity contribution in [3.05, 3.63) is 30.4 Å². The molecule has 10 nitrogen and oxygen atoms in total. The van der Waals surface area contributed by atoms with E-state index >= 15 is 0 Å². The van der Waals surface area contributed by atoms with E-state index in [1.165, 1.54) is 17.3 Å². The number of aromatic amines is 1. The molecule has 194 valence electrons. The molecule has 4 heterocycles. The van der Waals surface area contributed by atoms with Crippen LogP contribution in [0.25, 0.3) is 22.4 Å². The lowest BCUT2D eigenvalue weighted by molar-refractivity contribution is -0.198. The molecule has 37 heavy (non-hydrogen) atoms. The summed E-state index contributed by atoms with van der Waals surface area (Å²) in [6, 6.07) is 0.363. The quantitative estimate of drug-likeness (QED) is 0.520. The Balaban J connectivity index is 1.44. The summed E-state index contributed by atoms with van der Waals surface area (Å²) in [6.07, 6.45) is 1.82. The van der Waals surface area contributed by atoms with Crippen LogP contribution < -0.4 is 5.32 Å². The van der Waals surface area contributed by atoms with E-state index < -0.39 is 29.4 Å². The van der Waals surface area contributed by atoms with Crippen molar-refractivity contribution >= 4 is 23.0 Å². The van der Waals surface area contributed by atoms with Gasteiger partial charge in [0.2, 0.25) is 5.91 Å². The molecule has 0 unspecified atom stereocenters. The number of aryl methyl sites for hydroxylation is 1. The zero-order chi connectivity index (χ0) is 26.4. The molecule has 2 N–H and O–H groups in total. The molecule has 5 rings (SSSR count). The van der Waals surface area contributed by atoms with Crippen LogP contribution in [0.5, 0.6) is 0 Å². The number of fused-ring (bicyclic) bond motifs is 1. The number of carbonyl (C=O) groups excluding carboxylic acids is 2. The smallest absolute Gasteiger partial charge is 0.344 e. The van der Waals surface area contributed by atoms with E-state index in [9.17, 15) is 22.8 Å². The first-order chi connectivity index (χ1) is 17.7. The number of H-pyrrole nitrogens is 1. The third kappa shape index (κ3) is 4.41. The first kappa shape index (κ1) is 24.7. The number of nitrogens with one attached hydrogen (secondary N) is 2. The topological polar surface area (TPSA) is 133 Å². The Bertz CT molecular complexity index is 1380. The van der Waals surface area contributed by atoms with Crippen molar-refractivity contribution in [2.45, 2.75) is 51.4 Å². The van der Waals surface area contributed by atoms with Gasteiger partial charge in [-0.25, -0.2) is 9.97 Å². The van der Waals surface area contributed by atoms with Gasteiger partial charge in [0.1, 0.15) is 11.6 Å². The van der Waals surface area contributed by atoms with Crippen molar-refractivity contribution < 1.29 is 22.8 Å². The molecule has 3 aromatic heterocycles. The number of hydrogen-bond donors (Lipinski definition) is 2.